The van der Waals surface area contributed by atoms with E-state index in [9.17, 15) is 9.18 Å². The zero-order valence-electron chi connectivity index (χ0n) is 10.6. The first-order valence-electron chi connectivity index (χ1n) is 6.02. The smallest absolute Gasteiger partial charge is 0.266 e. The summed E-state index contributed by atoms with van der Waals surface area (Å²) in [6.07, 6.45) is 0. The van der Waals surface area contributed by atoms with Crippen molar-refractivity contribution in [2.75, 3.05) is 0 Å². The minimum absolute atomic E-state index is 0.250. The lowest BCUT2D eigenvalue weighted by Gasteiger charge is -2.11. The normalized spacial score (nSPS) is 11.9. The molecule has 20 heavy (non-hydrogen) atoms. The van der Waals surface area contributed by atoms with E-state index in [1.54, 1.807) is 0 Å². The Kier molecular flexibility index (Phi) is 5.09. The van der Waals surface area contributed by atoms with Gasteiger partial charge in [0.1, 0.15) is 11.2 Å². The first-order valence-corrected chi connectivity index (χ1v) is 6.45. The summed E-state index contributed by atoms with van der Waals surface area (Å²) < 4.78 is 12.8. The number of benzene rings is 2. The van der Waals surface area contributed by atoms with Gasteiger partial charge >= 0.3 is 0 Å². The summed E-state index contributed by atoms with van der Waals surface area (Å²) in [5, 5.41) is -0.925. The van der Waals surface area contributed by atoms with Gasteiger partial charge in [0.15, 0.2) is 0 Å². The van der Waals surface area contributed by atoms with Gasteiger partial charge in [-0.05, 0) is 23.3 Å². The summed E-state index contributed by atoms with van der Waals surface area (Å²) in [4.78, 5) is 16.8. The van der Waals surface area contributed by atoms with E-state index in [2.05, 4.69) is 5.48 Å². The molecule has 2 rings (SSSR count). The lowest BCUT2D eigenvalue weighted by Crippen LogP contribution is -2.27. The lowest BCUT2D eigenvalue weighted by atomic mass is 10.1. The number of nitrogens with one attached hydrogen (secondary N) is 1. The fraction of sp³-hybridized carbons (Fsp3) is 0.133. The van der Waals surface area contributed by atoms with E-state index < -0.39 is 11.3 Å². The highest BCUT2D eigenvalue weighted by Crippen LogP contribution is 2.20. The predicted molar refractivity (Wildman–Crippen MR) is 74.4 cm³/mol. The van der Waals surface area contributed by atoms with Crippen LogP contribution in [0, 0.1) is 5.82 Å². The Morgan fingerprint density at radius 2 is 1.80 bits per heavy atom. The van der Waals surface area contributed by atoms with Crippen molar-refractivity contribution in [3.63, 3.8) is 0 Å². The molecule has 1 N–H and O–H groups in total. The second-order valence-corrected chi connectivity index (χ2v) is 4.59. The van der Waals surface area contributed by atoms with E-state index in [1.807, 2.05) is 30.3 Å². The Balaban J connectivity index is 1.84. The molecule has 0 aliphatic rings. The molecule has 1 unspecified atom stereocenters. The predicted octanol–water partition coefficient (Wildman–Crippen LogP) is 3.35. The zero-order valence-corrected chi connectivity index (χ0v) is 11.3. The van der Waals surface area contributed by atoms with Crippen molar-refractivity contribution in [2.24, 2.45) is 0 Å². The molecule has 0 radical (unpaired) electrons. The Hall–Kier alpha value is -1.91. The molecule has 0 aliphatic carbocycles. The summed E-state index contributed by atoms with van der Waals surface area (Å²) in [6, 6.07) is 14.8. The number of halogens is 2. The third-order valence-electron chi connectivity index (χ3n) is 2.65. The van der Waals surface area contributed by atoms with Gasteiger partial charge in [-0.2, -0.15) is 0 Å². The van der Waals surface area contributed by atoms with Crippen molar-refractivity contribution in [3.05, 3.63) is 71.5 Å². The second kappa shape index (κ2) is 7.03. The van der Waals surface area contributed by atoms with Crippen LogP contribution in [0.1, 0.15) is 16.5 Å². The van der Waals surface area contributed by atoms with E-state index >= 15 is 0 Å². The third-order valence-corrected chi connectivity index (χ3v) is 3.10. The average molecular weight is 294 g/mol. The zero-order chi connectivity index (χ0) is 14.4. The molecular weight excluding hydrogens is 281 g/mol. The van der Waals surface area contributed by atoms with Crippen LogP contribution in [-0.4, -0.2) is 5.91 Å². The number of alkyl halides is 1. The summed E-state index contributed by atoms with van der Waals surface area (Å²) >= 11 is 5.98. The average Bonchev–Trinajstić information content (AvgIpc) is 2.48. The molecule has 2 aromatic rings. The van der Waals surface area contributed by atoms with Crippen molar-refractivity contribution < 1.29 is 14.0 Å². The van der Waals surface area contributed by atoms with Crippen LogP contribution < -0.4 is 5.48 Å². The number of amides is 1. The van der Waals surface area contributed by atoms with Crippen LogP contribution in [0.5, 0.6) is 0 Å². The van der Waals surface area contributed by atoms with Crippen molar-refractivity contribution in [2.45, 2.75) is 12.0 Å². The van der Waals surface area contributed by atoms with Gasteiger partial charge in [0.05, 0.1) is 6.61 Å². The Labute approximate surface area is 121 Å². The standard InChI is InChI=1S/C15H13ClFNO2/c16-14(12-6-8-13(17)9-7-12)15(19)18-20-10-11-4-2-1-3-5-11/h1-9,14H,10H2,(H,18,19). The van der Waals surface area contributed by atoms with Gasteiger partial charge in [-0.1, -0.05) is 42.5 Å². The maximum absolute atomic E-state index is 12.8. The molecule has 1 atom stereocenters. The highest BCUT2D eigenvalue weighted by Gasteiger charge is 2.17. The first-order chi connectivity index (χ1) is 9.66. The number of hydrogen-bond donors (Lipinski definition) is 1. The molecule has 3 nitrogen and oxygen atoms in total. The maximum atomic E-state index is 12.8. The Morgan fingerprint density at radius 3 is 2.45 bits per heavy atom. The molecule has 0 bridgehead atoms. The minimum Gasteiger partial charge on any atom is -0.271 e. The summed E-state index contributed by atoms with van der Waals surface area (Å²) in [5.41, 5.74) is 3.72. The molecule has 0 aliphatic heterocycles. The fourth-order valence-corrected chi connectivity index (χ4v) is 1.79. The number of carbonyl (C=O) groups excluding carboxylic acids is 1. The third kappa shape index (κ3) is 4.05. The number of carbonyl (C=O) groups is 1. The number of hydrogen-bond acceptors (Lipinski definition) is 2. The van der Waals surface area contributed by atoms with Crippen LogP contribution in [0.25, 0.3) is 0 Å². The molecule has 1 amide bonds. The largest absolute Gasteiger partial charge is 0.271 e. The first kappa shape index (κ1) is 14.5. The van der Waals surface area contributed by atoms with Gasteiger partial charge in [0, 0.05) is 0 Å². The van der Waals surface area contributed by atoms with Crippen LogP contribution >= 0.6 is 11.6 Å². The van der Waals surface area contributed by atoms with Gasteiger partial charge in [0.2, 0.25) is 0 Å². The van der Waals surface area contributed by atoms with Crippen molar-refractivity contribution >= 4 is 17.5 Å². The van der Waals surface area contributed by atoms with Gasteiger partial charge in [-0.15, -0.1) is 11.6 Å². The van der Waals surface area contributed by atoms with E-state index in [0.717, 1.165) is 5.56 Å². The molecule has 0 aromatic heterocycles. The van der Waals surface area contributed by atoms with Gasteiger partial charge in [-0.25, -0.2) is 9.87 Å². The van der Waals surface area contributed by atoms with Crippen molar-refractivity contribution in [1.29, 1.82) is 0 Å². The van der Waals surface area contributed by atoms with Gasteiger partial charge in [-0.3, -0.25) is 9.63 Å². The maximum Gasteiger partial charge on any atom is 0.266 e. The highest BCUT2D eigenvalue weighted by molar-refractivity contribution is 6.30. The number of rotatable bonds is 5. The van der Waals surface area contributed by atoms with E-state index in [-0.39, 0.29) is 12.4 Å². The van der Waals surface area contributed by atoms with Crippen molar-refractivity contribution in [3.8, 4) is 0 Å². The molecule has 0 saturated heterocycles. The minimum atomic E-state index is -0.925. The van der Waals surface area contributed by atoms with E-state index in [4.69, 9.17) is 16.4 Å². The molecule has 2 aromatic carbocycles. The van der Waals surface area contributed by atoms with Crippen LogP contribution in [0.4, 0.5) is 4.39 Å². The van der Waals surface area contributed by atoms with E-state index in [0.29, 0.717) is 5.56 Å². The number of hydroxylamine groups is 1. The molecule has 5 heteroatoms. The van der Waals surface area contributed by atoms with Gasteiger partial charge in [0.25, 0.3) is 5.91 Å². The van der Waals surface area contributed by atoms with Crippen LogP contribution in [-0.2, 0) is 16.2 Å². The van der Waals surface area contributed by atoms with Crippen molar-refractivity contribution in [1.82, 2.24) is 5.48 Å². The van der Waals surface area contributed by atoms with E-state index in [1.165, 1.54) is 24.3 Å². The lowest BCUT2D eigenvalue weighted by molar-refractivity contribution is -0.134. The molecule has 0 fully saturated rings. The molecular formula is C15H13ClFNO2. The summed E-state index contributed by atoms with van der Waals surface area (Å²) in [7, 11) is 0. The Bertz CT molecular complexity index is 560. The SMILES string of the molecule is O=C(NOCc1ccccc1)C(Cl)c1ccc(F)cc1. The topological polar surface area (TPSA) is 38.3 Å². The molecule has 0 heterocycles. The molecule has 0 spiro atoms. The van der Waals surface area contributed by atoms with Gasteiger partial charge < -0.3 is 0 Å². The fourth-order valence-electron chi connectivity index (χ4n) is 1.60. The monoisotopic (exact) mass is 293 g/mol. The van der Waals surface area contributed by atoms with Crippen LogP contribution in [0.15, 0.2) is 54.6 Å². The summed E-state index contributed by atoms with van der Waals surface area (Å²) in [5.74, 6) is -0.868. The Morgan fingerprint density at radius 1 is 1.15 bits per heavy atom. The van der Waals surface area contributed by atoms with Crippen LogP contribution in [0.2, 0.25) is 0 Å². The van der Waals surface area contributed by atoms with Crippen LogP contribution in [0.3, 0.4) is 0 Å². The highest BCUT2D eigenvalue weighted by atomic mass is 35.5. The molecule has 104 valence electrons. The molecule has 0 saturated carbocycles. The second-order valence-electron chi connectivity index (χ2n) is 4.15. The summed E-state index contributed by atoms with van der Waals surface area (Å²) in [6.45, 7) is 0.250. The quantitative estimate of drug-likeness (QED) is 0.678.